The minimum atomic E-state index is -4.16. The molecule has 6 heteroatoms. The van der Waals surface area contributed by atoms with E-state index in [0.29, 0.717) is 4.61 Å². The summed E-state index contributed by atoms with van der Waals surface area (Å²) in [5.41, 5.74) is 0. The van der Waals surface area contributed by atoms with Gasteiger partial charge in [0.25, 0.3) is 0 Å². The Morgan fingerprint density at radius 1 is 1.50 bits per heavy atom. The first-order valence-electron chi connectivity index (χ1n) is 2.29. The molecule has 0 aromatic heterocycles. The minimum absolute atomic E-state index is 0.310. The molecule has 0 saturated carbocycles. The monoisotopic (exact) mass is 382 g/mol. The number of hydrogen-bond acceptors (Lipinski definition) is 1. The number of alkyl halides is 5. The van der Waals surface area contributed by atoms with Crippen molar-refractivity contribution in [2.45, 2.75) is 6.18 Å². The summed E-state index contributed by atoms with van der Waals surface area (Å²) < 4.78 is 38.9. The summed E-state index contributed by atoms with van der Waals surface area (Å²) in [5, 5.41) is 0. The van der Waals surface area contributed by atoms with E-state index in [9.17, 15) is 13.2 Å². The standard InChI is InChI=1S/C4H7F3I2O/c1-9(8)3-10-2-4(5,6)7/h2-3H2,1H3. The maximum atomic E-state index is 11.4. The normalized spacial score (nSPS) is 13.5. The number of rotatable bonds is 3. The van der Waals surface area contributed by atoms with Crippen LogP contribution in [0, 0.1) is 0 Å². The average molecular weight is 382 g/mol. The number of ether oxygens (including phenoxy) is 1. The van der Waals surface area contributed by atoms with E-state index in [-0.39, 0.29) is 0 Å². The summed E-state index contributed by atoms with van der Waals surface area (Å²) in [6.45, 7) is -1.10. The van der Waals surface area contributed by atoms with Gasteiger partial charge in [0, 0.05) is 0 Å². The van der Waals surface area contributed by atoms with Crippen LogP contribution >= 0.6 is 34.5 Å². The molecule has 10 heavy (non-hydrogen) atoms. The van der Waals surface area contributed by atoms with Crippen LogP contribution in [0.3, 0.4) is 0 Å². The van der Waals surface area contributed by atoms with Gasteiger partial charge in [0.05, 0.1) is 0 Å². The van der Waals surface area contributed by atoms with Crippen molar-refractivity contribution in [3.8, 4) is 0 Å². The van der Waals surface area contributed by atoms with Gasteiger partial charge >= 0.3 is 74.7 Å². The van der Waals surface area contributed by atoms with Crippen molar-refractivity contribution in [1.82, 2.24) is 0 Å². The van der Waals surface area contributed by atoms with Crippen molar-refractivity contribution in [1.29, 1.82) is 0 Å². The topological polar surface area (TPSA) is 9.23 Å². The Morgan fingerprint density at radius 3 is 2.30 bits per heavy atom. The van der Waals surface area contributed by atoms with Crippen molar-refractivity contribution >= 4 is 34.5 Å². The predicted molar refractivity (Wildman–Crippen MR) is 50.8 cm³/mol. The molecule has 0 fully saturated rings. The van der Waals surface area contributed by atoms with E-state index in [1.54, 1.807) is 0 Å². The van der Waals surface area contributed by atoms with Crippen LogP contribution in [-0.4, -0.2) is 22.3 Å². The summed E-state index contributed by atoms with van der Waals surface area (Å²) in [6.07, 6.45) is -4.16. The van der Waals surface area contributed by atoms with Crippen LogP contribution in [0.5, 0.6) is 0 Å². The second kappa shape index (κ2) is 4.96. The van der Waals surface area contributed by atoms with E-state index >= 15 is 0 Å². The SMILES string of the molecule is CI(I)COCC(F)(F)F. The van der Waals surface area contributed by atoms with Gasteiger partial charge < -0.3 is 0 Å². The van der Waals surface area contributed by atoms with Crippen LogP contribution in [-0.2, 0) is 4.74 Å². The van der Waals surface area contributed by atoms with Gasteiger partial charge in [-0.25, -0.2) is 0 Å². The number of halogens is 5. The number of hydrogen-bond donors (Lipinski definition) is 0. The zero-order chi connectivity index (χ0) is 8.20. The zero-order valence-corrected chi connectivity index (χ0v) is 9.53. The molecule has 0 rings (SSSR count). The van der Waals surface area contributed by atoms with E-state index in [0.717, 1.165) is 0 Å². The Bertz CT molecular complexity index is 93.0. The first-order chi connectivity index (χ1) is 4.42. The Balaban J connectivity index is 3.21. The molecule has 0 aromatic carbocycles. The third-order valence-electron chi connectivity index (χ3n) is 0.493. The van der Waals surface area contributed by atoms with E-state index in [1.807, 2.05) is 4.93 Å². The van der Waals surface area contributed by atoms with Gasteiger partial charge in [-0.3, -0.25) is 0 Å². The van der Waals surface area contributed by atoms with Gasteiger partial charge in [0.15, 0.2) is 0 Å². The average Bonchev–Trinajstić information content (AvgIpc) is 1.59. The van der Waals surface area contributed by atoms with Crippen molar-refractivity contribution in [3.05, 3.63) is 0 Å². The molecule has 0 heterocycles. The van der Waals surface area contributed by atoms with E-state index < -0.39 is 28.6 Å². The van der Waals surface area contributed by atoms with Gasteiger partial charge in [0.1, 0.15) is 0 Å². The van der Waals surface area contributed by atoms with Crippen LogP contribution < -0.4 is 0 Å². The second-order valence-corrected chi connectivity index (χ2v) is 14.5. The van der Waals surface area contributed by atoms with Crippen molar-refractivity contribution in [2.24, 2.45) is 0 Å². The van der Waals surface area contributed by atoms with Crippen LogP contribution in [0.4, 0.5) is 13.2 Å². The molecule has 0 aromatic rings. The van der Waals surface area contributed by atoms with Gasteiger partial charge in [-0.05, 0) is 0 Å². The summed E-state index contributed by atoms with van der Waals surface area (Å²) in [6, 6.07) is 0. The first kappa shape index (κ1) is 11.2. The summed E-state index contributed by atoms with van der Waals surface area (Å²) in [5.74, 6) is 0. The molecule has 0 bridgehead atoms. The third kappa shape index (κ3) is 9.21. The Hall–Kier alpha value is 1.21. The van der Waals surface area contributed by atoms with Gasteiger partial charge in [0.2, 0.25) is 0 Å². The molecule has 0 aliphatic heterocycles. The van der Waals surface area contributed by atoms with Gasteiger partial charge in [-0.15, -0.1) is 0 Å². The molecule has 0 aliphatic carbocycles. The molecule has 1 nitrogen and oxygen atoms in total. The molecule has 0 atom stereocenters. The third-order valence-corrected chi connectivity index (χ3v) is 3.37. The molecule has 0 unspecified atom stereocenters. The Kier molecular flexibility index (Phi) is 5.56. The fourth-order valence-electron chi connectivity index (χ4n) is 0.261. The van der Waals surface area contributed by atoms with E-state index in [4.69, 9.17) is 0 Å². The first-order valence-corrected chi connectivity index (χ1v) is 12.3. The molecule has 0 N–H and O–H groups in total. The fourth-order valence-corrected chi connectivity index (χ4v) is 2.20. The van der Waals surface area contributed by atoms with Crippen molar-refractivity contribution in [2.75, 3.05) is 16.2 Å². The molecule has 0 aliphatic rings. The van der Waals surface area contributed by atoms with Crippen LogP contribution in [0.2, 0.25) is 0 Å². The zero-order valence-electron chi connectivity index (χ0n) is 5.21. The van der Waals surface area contributed by atoms with Crippen LogP contribution in [0.15, 0.2) is 0 Å². The van der Waals surface area contributed by atoms with Gasteiger partial charge in [-0.1, -0.05) is 0 Å². The van der Waals surface area contributed by atoms with Crippen molar-refractivity contribution < 1.29 is 17.9 Å². The molecule has 0 spiro atoms. The Labute approximate surface area is 74.3 Å². The summed E-state index contributed by atoms with van der Waals surface area (Å²) >= 11 is 1.00. The van der Waals surface area contributed by atoms with Crippen LogP contribution in [0.25, 0.3) is 0 Å². The molecular weight excluding hydrogens is 375 g/mol. The maximum absolute atomic E-state index is 11.4. The van der Waals surface area contributed by atoms with Crippen molar-refractivity contribution in [3.63, 3.8) is 0 Å². The molecular formula is C4H7F3I2O. The summed E-state index contributed by atoms with van der Waals surface area (Å²) in [4.78, 5) is 1.95. The second-order valence-electron chi connectivity index (χ2n) is 1.58. The molecule has 64 valence electrons. The molecule has 0 saturated heterocycles. The predicted octanol–water partition coefficient (Wildman–Crippen LogP) is 3.01. The molecule has 0 radical (unpaired) electrons. The van der Waals surface area contributed by atoms with Gasteiger partial charge in [-0.2, -0.15) is 0 Å². The quantitative estimate of drug-likeness (QED) is 0.539. The van der Waals surface area contributed by atoms with E-state index in [1.165, 1.54) is 0 Å². The van der Waals surface area contributed by atoms with E-state index in [2.05, 4.69) is 23.4 Å². The fraction of sp³-hybridized carbons (Fsp3) is 1.00. The summed E-state index contributed by atoms with van der Waals surface area (Å²) in [7, 11) is 0. The molecule has 0 amide bonds. The Morgan fingerprint density at radius 2 is 2.00 bits per heavy atom. The van der Waals surface area contributed by atoms with Crippen LogP contribution in [0.1, 0.15) is 0 Å².